The Bertz CT molecular complexity index is 743. The largest absolute Gasteiger partial charge is 0.344 e. The molecule has 0 radical (unpaired) electrons. The van der Waals surface area contributed by atoms with Crippen molar-refractivity contribution in [3.05, 3.63) is 71.8 Å². The van der Waals surface area contributed by atoms with Gasteiger partial charge in [-0.2, -0.15) is 0 Å². The van der Waals surface area contributed by atoms with Gasteiger partial charge in [0.25, 0.3) is 0 Å². The maximum Gasteiger partial charge on any atom is 0.150 e. The van der Waals surface area contributed by atoms with Gasteiger partial charge >= 0.3 is 0 Å². The van der Waals surface area contributed by atoms with E-state index in [2.05, 4.69) is 16.7 Å². The van der Waals surface area contributed by atoms with Crippen LogP contribution in [0.5, 0.6) is 0 Å². The van der Waals surface area contributed by atoms with E-state index in [1.165, 1.54) is 0 Å². The fourth-order valence-corrected chi connectivity index (χ4v) is 2.56. The summed E-state index contributed by atoms with van der Waals surface area (Å²) in [5, 5.41) is 0. The van der Waals surface area contributed by atoms with E-state index in [0.717, 1.165) is 35.1 Å². The number of carbonyl (C=O) groups excluding carboxylic acids is 2. The number of aldehydes is 2. The zero-order chi connectivity index (χ0) is 15.5. The minimum Gasteiger partial charge on any atom is -0.344 e. The lowest BCUT2D eigenvalue weighted by atomic mass is 10.1. The normalized spacial score (nSPS) is 10.4. The van der Waals surface area contributed by atoms with Gasteiger partial charge in [0.1, 0.15) is 12.6 Å². The minimum atomic E-state index is 0.669. The highest BCUT2D eigenvalue weighted by atomic mass is 16.1. The first-order valence-electron chi connectivity index (χ1n) is 7.00. The van der Waals surface area contributed by atoms with E-state index < -0.39 is 0 Å². The van der Waals surface area contributed by atoms with Gasteiger partial charge in [0.05, 0.1) is 0 Å². The molecular formula is C19H15NO2. The second-order valence-electron chi connectivity index (χ2n) is 5.14. The standard InChI is InChI=1S/C19H15NO2/c1-20-18(16-6-2-14(12-21)3-7-16)10-11-19(20)17-8-4-15(13-22)5-9-17/h2-13H,1H3. The van der Waals surface area contributed by atoms with Crippen molar-refractivity contribution in [2.24, 2.45) is 7.05 Å². The molecule has 0 bridgehead atoms. The van der Waals surface area contributed by atoms with Gasteiger partial charge in [0, 0.05) is 29.6 Å². The molecule has 108 valence electrons. The van der Waals surface area contributed by atoms with Gasteiger partial charge < -0.3 is 4.57 Å². The monoisotopic (exact) mass is 289 g/mol. The third-order valence-electron chi connectivity index (χ3n) is 3.81. The number of nitrogens with zero attached hydrogens (tertiary/aromatic N) is 1. The molecule has 0 spiro atoms. The summed E-state index contributed by atoms with van der Waals surface area (Å²) in [5.41, 5.74) is 5.61. The van der Waals surface area contributed by atoms with Crippen LogP contribution in [0, 0.1) is 0 Å². The van der Waals surface area contributed by atoms with Gasteiger partial charge in [-0.05, 0) is 23.3 Å². The van der Waals surface area contributed by atoms with Crippen molar-refractivity contribution < 1.29 is 9.59 Å². The van der Waals surface area contributed by atoms with E-state index in [-0.39, 0.29) is 0 Å². The zero-order valence-electron chi connectivity index (χ0n) is 12.2. The number of aromatic nitrogens is 1. The van der Waals surface area contributed by atoms with Gasteiger partial charge in [-0.3, -0.25) is 9.59 Å². The van der Waals surface area contributed by atoms with Gasteiger partial charge in [-0.1, -0.05) is 48.5 Å². The molecule has 0 amide bonds. The molecule has 0 saturated carbocycles. The first-order chi connectivity index (χ1) is 10.7. The Balaban J connectivity index is 1.99. The Kier molecular flexibility index (Phi) is 3.71. The summed E-state index contributed by atoms with van der Waals surface area (Å²) < 4.78 is 2.10. The molecule has 1 heterocycles. The molecule has 0 aliphatic heterocycles. The van der Waals surface area contributed by atoms with Crippen molar-refractivity contribution in [1.82, 2.24) is 4.57 Å². The smallest absolute Gasteiger partial charge is 0.150 e. The first kappa shape index (κ1) is 14.0. The van der Waals surface area contributed by atoms with Crippen LogP contribution in [0.1, 0.15) is 20.7 Å². The lowest BCUT2D eigenvalue weighted by Crippen LogP contribution is -1.95. The SMILES string of the molecule is Cn1c(-c2ccc(C=O)cc2)ccc1-c1ccc(C=O)cc1. The molecule has 0 aliphatic carbocycles. The highest BCUT2D eigenvalue weighted by Crippen LogP contribution is 2.28. The number of benzene rings is 2. The Labute approximate surface area is 128 Å². The molecule has 3 aromatic rings. The molecule has 2 aromatic carbocycles. The predicted molar refractivity (Wildman–Crippen MR) is 87.1 cm³/mol. The molecular weight excluding hydrogens is 274 g/mol. The zero-order valence-corrected chi connectivity index (χ0v) is 12.2. The summed E-state index contributed by atoms with van der Waals surface area (Å²) in [7, 11) is 2.01. The average Bonchev–Trinajstić information content (AvgIpc) is 2.96. The van der Waals surface area contributed by atoms with Crippen LogP contribution in [-0.4, -0.2) is 17.1 Å². The number of hydrogen-bond acceptors (Lipinski definition) is 2. The molecule has 3 nitrogen and oxygen atoms in total. The van der Waals surface area contributed by atoms with E-state index in [9.17, 15) is 9.59 Å². The van der Waals surface area contributed by atoms with Crippen molar-refractivity contribution in [1.29, 1.82) is 0 Å². The van der Waals surface area contributed by atoms with E-state index in [1.807, 2.05) is 55.6 Å². The summed E-state index contributed by atoms with van der Waals surface area (Å²) in [6, 6.07) is 19.1. The fourth-order valence-electron chi connectivity index (χ4n) is 2.56. The van der Waals surface area contributed by atoms with Crippen LogP contribution in [0.15, 0.2) is 60.7 Å². The molecule has 3 heteroatoms. The molecule has 0 saturated heterocycles. The van der Waals surface area contributed by atoms with Gasteiger partial charge in [-0.25, -0.2) is 0 Å². The molecule has 0 unspecified atom stereocenters. The topological polar surface area (TPSA) is 39.1 Å². The quantitative estimate of drug-likeness (QED) is 0.681. The van der Waals surface area contributed by atoms with Crippen molar-refractivity contribution in [2.45, 2.75) is 0 Å². The Morgan fingerprint density at radius 3 is 1.32 bits per heavy atom. The molecule has 0 fully saturated rings. The number of rotatable bonds is 4. The second kappa shape index (κ2) is 5.82. The molecule has 3 rings (SSSR count). The van der Waals surface area contributed by atoms with Crippen molar-refractivity contribution >= 4 is 12.6 Å². The fraction of sp³-hybridized carbons (Fsp3) is 0.0526. The van der Waals surface area contributed by atoms with Crippen LogP contribution in [0.3, 0.4) is 0 Å². The molecule has 22 heavy (non-hydrogen) atoms. The Morgan fingerprint density at radius 1 is 0.636 bits per heavy atom. The van der Waals surface area contributed by atoms with E-state index in [1.54, 1.807) is 0 Å². The molecule has 0 atom stereocenters. The predicted octanol–water partition coefficient (Wildman–Crippen LogP) is 3.98. The van der Waals surface area contributed by atoms with E-state index >= 15 is 0 Å². The minimum absolute atomic E-state index is 0.669. The molecule has 0 aliphatic rings. The van der Waals surface area contributed by atoms with Gasteiger partial charge in [-0.15, -0.1) is 0 Å². The molecule has 0 N–H and O–H groups in total. The Morgan fingerprint density at radius 2 is 1.00 bits per heavy atom. The van der Waals surface area contributed by atoms with Crippen LogP contribution in [-0.2, 0) is 7.05 Å². The number of carbonyl (C=O) groups is 2. The van der Waals surface area contributed by atoms with Gasteiger partial charge in [0.2, 0.25) is 0 Å². The maximum atomic E-state index is 10.7. The summed E-state index contributed by atoms with van der Waals surface area (Å²) >= 11 is 0. The van der Waals surface area contributed by atoms with Crippen LogP contribution >= 0.6 is 0 Å². The van der Waals surface area contributed by atoms with E-state index in [4.69, 9.17) is 0 Å². The first-order valence-corrected chi connectivity index (χ1v) is 7.00. The van der Waals surface area contributed by atoms with Crippen LogP contribution < -0.4 is 0 Å². The van der Waals surface area contributed by atoms with E-state index in [0.29, 0.717) is 11.1 Å². The lowest BCUT2D eigenvalue weighted by molar-refractivity contribution is 0.111. The summed E-state index contributed by atoms with van der Waals surface area (Å²) in [6.07, 6.45) is 1.68. The van der Waals surface area contributed by atoms with Crippen molar-refractivity contribution in [3.8, 4) is 22.5 Å². The summed E-state index contributed by atoms with van der Waals surface area (Å²) in [4.78, 5) is 21.5. The Hall–Kier alpha value is -2.94. The number of hydrogen-bond donors (Lipinski definition) is 0. The van der Waals surface area contributed by atoms with Crippen LogP contribution in [0.25, 0.3) is 22.5 Å². The second-order valence-corrected chi connectivity index (χ2v) is 5.14. The highest BCUT2D eigenvalue weighted by Gasteiger charge is 2.08. The lowest BCUT2D eigenvalue weighted by Gasteiger charge is -2.08. The third-order valence-corrected chi connectivity index (χ3v) is 3.81. The van der Waals surface area contributed by atoms with Gasteiger partial charge in [0.15, 0.2) is 0 Å². The maximum absolute atomic E-state index is 10.7. The van der Waals surface area contributed by atoms with Crippen molar-refractivity contribution in [3.63, 3.8) is 0 Å². The summed E-state index contributed by atoms with van der Waals surface area (Å²) in [6.45, 7) is 0. The third kappa shape index (κ3) is 2.49. The average molecular weight is 289 g/mol. The molecule has 1 aromatic heterocycles. The van der Waals surface area contributed by atoms with Crippen molar-refractivity contribution in [2.75, 3.05) is 0 Å². The van der Waals surface area contributed by atoms with Crippen LogP contribution in [0.4, 0.5) is 0 Å². The van der Waals surface area contributed by atoms with Crippen LogP contribution in [0.2, 0.25) is 0 Å². The highest BCUT2D eigenvalue weighted by molar-refractivity contribution is 5.78. The summed E-state index contributed by atoms with van der Waals surface area (Å²) in [5.74, 6) is 0.